The molecule has 3 aromatic carbocycles. The second kappa shape index (κ2) is 16.7. The summed E-state index contributed by atoms with van der Waals surface area (Å²) in [5.41, 5.74) is 2.25. The second-order valence-corrected chi connectivity index (χ2v) is 13.3. The van der Waals surface area contributed by atoms with Crippen molar-refractivity contribution in [1.82, 2.24) is 15.1 Å². The van der Waals surface area contributed by atoms with Crippen molar-refractivity contribution < 1.29 is 4.79 Å². The van der Waals surface area contributed by atoms with Crippen molar-refractivity contribution in [2.24, 2.45) is 5.92 Å². The van der Waals surface area contributed by atoms with Gasteiger partial charge in [-0.15, -0.1) is 0 Å². The molecule has 42 heavy (non-hydrogen) atoms. The zero-order valence-electron chi connectivity index (χ0n) is 25.8. The van der Waals surface area contributed by atoms with Crippen LogP contribution in [0.2, 0.25) is 10.0 Å². The van der Waals surface area contributed by atoms with Gasteiger partial charge in [-0.05, 0) is 98.1 Å². The number of unbranched alkanes of at least 4 members (excludes halogenated alkanes) is 1. The molecule has 1 N–H and O–H groups in total. The van der Waals surface area contributed by atoms with Gasteiger partial charge in [0.25, 0.3) is 0 Å². The summed E-state index contributed by atoms with van der Waals surface area (Å²) in [4.78, 5) is 18.8. The number of halogens is 2. The number of rotatable bonds is 15. The predicted molar refractivity (Wildman–Crippen MR) is 180 cm³/mol. The molecule has 1 saturated heterocycles. The zero-order valence-corrected chi connectivity index (χ0v) is 27.3. The van der Waals surface area contributed by atoms with Crippen LogP contribution in [0.3, 0.4) is 0 Å². The summed E-state index contributed by atoms with van der Waals surface area (Å²) in [6, 6.07) is 21.2. The number of fused-ring (bicyclic) bond motifs is 1. The minimum Gasteiger partial charge on any atom is -0.337 e. The fourth-order valence-corrected chi connectivity index (χ4v) is 6.82. The number of aryl methyl sites for hydroxylation is 1. The third kappa shape index (κ3) is 9.71. The Bertz CT molecular complexity index is 1280. The number of nitrogens with one attached hydrogen (secondary N) is 1. The highest BCUT2D eigenvalue weighted by atomic mass is 35.5. The van der Waals surface area contributed by atoms with Crippen molar-refractivity contribution in [3.05, 3.63) is 81.8 Å². The summed E-state index contributed by atoms with van der Waals surface area (Å²) in [6.07, 6.45) is 8.09. The first kappa shape index (κ1) is 32.8. The van der Waals surface area contributed by atoms with E-state index in [4.69, 9.17) is 23.2 Å². The Morgan fingerprint density at radius 2 is 1.71 bits per heavy atom. The molecule has 1 aliphatic heterocycles. The highest BCUT2D eigenvalue weighted by molar-refractivity contribution is 6.35. The smallest absolute Gasteiger partial charge is 0.227 e. The quantitative estimate of drug-likeness (QED) is 0.176. The van der Waals surface area contributed by atoms with Gasteiger partial charge in [0.2, 0.25) is 5.91 Å². The van der Waals surface area contributed by atoms with Crippen LogP contribution in [-0.4, -0.2) is 60.5 Å². The van der Waals surface area contributed by atoms with Gasteiger partial charge in [0.05, 0.1) is 6.42 Å². The van der Waals surface area contributed by atoms with Gasteiger partial charge < -0.3 is 10.2 Å². The van der Waals surface area contributed by atoms with Gasteiger partial charge in [-0.3, -0.25) is 9.69 Å². The molecule has 3 aromatic rings. The maximum absolute atomic E-state index is 13.9. The molecule has 1 aliphatic rings. The number of hydrogen-bond acceptors (Lipinski definition) is 3. The fourth-order valence-electron chi connectivity index (χ4n) is 6.32. The van der Waals surface area contributed by atoms with Crippen LogP contribution >= 0.6 is 23.2 Å². The Hall–Kier alpha value is -2.11. The van der Waals surface area contributed by atoms with Crippen LogP contribution in [0.25, 0.3) is 10.8 Å². The van der Waals surface area contributed by atoms with Crippen molar-refractivity contribution in [3.63, 3.8) is 0 Å². The first-order valence-corrected chi connectivity index (χ1v) is 16.8. The number of nitrogens with zero attached hydrogens (tertiary/aromatic N) is 2. The second-order valence-electron chi connectivity index (χ2n) is 12.4. The molecular formula is C36H49Cl2N3O. The lowest BCUT2D eigenvalue weighted by atomic mass is 9.94. The minimum absolute atomic E-state index is 0.232. The third-order valence-electron chi connectivity index (χ3n) is 8.55. The molecule has 0 unspecified atom stereocenters. The molecule has 4 nitrogen and oxygen atoms in total. The summed E-state index contributed by atoms with van der Waals surface area (Å²) in [5.74, 6) is 0.787. The van der Waals surface area contributed by atoms with E-state index in [1.807, 2.05) is 12.1 Å². The highest BCUT2D eigenvalue weighted by Gasteiger charge is 2.36. The Kier molecular flexibility index (Phi) is 13.0. The predicted octanol–water partition coefficient (Wildman–Crippen LogP) is 8.42. The van der Waals surface area contributed by atoms with Gasteiger partial charge in [0.1, 0.15) is 0 Å². The van der Waals surface area contributed by atoms with Gasteiger partial charge in [-0.25, -0.2) is 0 Å². The lowest BCUT2D eigenvalue weighted by Gasteiger charge is -2.47. The van der Waals surface area contributed by atoms with Crippen LogP contribution in [0.4, 0.5) is 0 Å². The van der Waals surface area contributed by atoms with Crippen LogP contribution in [0, 0.1) is 5.92 Å². The standard InChI is InChI=1S/C36H49Cl2N3O/c1-4-5-18-39-19-8-13-33-26-41(36(42)23-28-14-15-29-10-6-7-11-31(29)22-28)34(21-27(2)3)25-40(33)20-9-12-30-16-17-32(37)24-35(30)38/h6-7,10-11,14-17,22,24,27,33-34,39H,4-5,8-9,12-13,18-21,23,25-26H2,1-3H3/t33-,34+/m0/s1. The van der Waals surface area contributed by atoms with E-state index in [9.17, 15) is 4.79 Å². The van der Waals surface area contributed by atoms with E-state index in [0.29, 0.717) is 23.4 Å². The lowest BCUT2D eigenvalue weighted by molar-refractivity contribution is -0.138. The molecule has 1 heterocycles. The van der Waals surface area contributed by atoms with E-state index in [2.05, 4.69) is 84.4 Å². The molecule has 0 aromatic heterocycles. The molecule has 1 fully saturated rings. The van der Waals surface area contributed by atoms with Gasteiger partial charge in [0.15, 0.2) is 0 Å². The third-order valence-corrected chi connectivity index (χ3v) is 9.13. The number of amides is 1. The first-order chi connectivity index (χ1) is 20.3. The largest absolute Gasteiger partial charge is 0.337 e. The summed E-state index contributed by atoms with van der Waals surface area (Å²) >= 11 is 12.6. The van der Waals surface area contributed by atoms with Gasteiger partial charge >= 0.3 is 0 Å². The monoisotopic (exact) mass is 609 g/mol. The summed E-state index contributed by atoms with van der Waals surface area (Å²) in [7, 11) is 0. The van der Waals surface area contributed by atoms with Gasteiger partial charge in [0, 0.05) is 35.2 Å². The van der Waals surface area contributed by atoms with Crippen molar-refractivity contribution in [1.29, 1.82) is 0 Å². The van der Waals surface area contributed by atoms with Crippen molar-refractivity contribution >= 4 is 39.9 Å². The molecule has 6 heteroatoms. The topological polar surface area (TPSA) is 35.6 Å². The number of carbonyl (C=O) groups is 1. The van der Waals surface area contributed by atoms with E-state index >= 15 is 0 Å². The Morgan fingerprint density at radius 1 is 0.929 bits per heavy atom. The molecule has 2 atom stereocenters. The minimum atomic E-state index is 0.232. The van der Waals surface area contributed by atoms with Crippen LogP contribution in [0.1, 0.15) is 70.4 Å². The molecule has 0 aliphatic carbocycles. The lowest BCUT2D eigenvalue weighted by Crippen LogP contribution is -2.60. The summed E-state index contributed by atoms with van der Waals surface area (Å²) in [5, 5.41) is 7.45. The molecule has 1 amide bonds. The first-order valence-electron chi connectivity index (χ1n) is 16.0. The van der Waals surface area contributed by atoms with Crippen molar-refractivity contribution in [2.75, 3.05) is 32.7 Å². The maximum atomic E-state index is 13.9. The zero-order chi connectivity index (χ0) is 29.9. The normalized spacial score (nSPS) is 17.8. The SMILES string of the molecule is CCCCNCCC[C@H]1CN(C(=O)Cc2ccc3ccccc3c2)[C@H](CC(C)C)CN1CCCc1ccc(Cl)cc1Cl. The number of carbonyl (C=O) groups excluding carboxylic acids is 1. The molecule has 0 radical (unpaired) electrons. The Labute approximate surface area is 263 Å². The van der Waals surface area contributed by atoms with E-state index < -0.39 is 0 Å². The van der Waals surface area contributed by atoms with E-state index in [1.165, 1.54) is 23.6 Å². The van der Waals surface area contributed by atoms with E-state index in [-0.39, 0.29) is 11.9 Å². The van der Waals surface area contributed by atoms with Crippen LogP contribution in [0.5, 0.6) is 0 Å². The van der Waals surface area contributed by atoms with Gasteiger partial charge in [-0.1, -0.05) is 98.9 Å². The molecule has 4 rings (SSSR count). The number of benzene rings is 3. The molecule has 228 valence electrons. The fraction of sp³-hybridized carbons (Fsp3) is 0.528. The molecule has 0 saturated carbocycles. The summed E-state index contributed by atoms with van der Waals surface area (Å²) < 4.78 is 0. The molecule has 0 bridgehead atoms. The highest BCUT2D eigenvalue weighted by Crippen LogP contribution is 2.27. The Morgan fingerprint density at radius 3 is 2.48 bits per heavy atom. The van der Waals surface area contributed by atoms with Crippen LogP contribution < -0.4 is 5.32 Å². The van der Waals surface area contributed by atoms with Gasteiger partial charge in [-0.2, -0.15) is 0 Å². The average molecular weight is 611 g/mol. The summed E-state index contributed by atoms with van der Waals surface area (Å²) in [6.45, 7) is 11.6. The molecule has 0 spiro atoms. The maximum Gasteiger partial charge on any atom is 0.227 e. The molecular weight excluding hydrogens is 561 g/mol. The van der Waals surface area contributed by atoms with E-state index in [0.717, 1.165) is 81.0 Å². The van der Waals surface area contributed by atoms with Crippen LogP contribution in [-0.2, 0) is 17.6 Å². The van der Waals surface area contributed by atoms with Crippen molar-refractivity contribution in [3.8, 4) is 0 Å². The van der Waals surface area contributed by atoms with Crippen LogP contribution in [0.15, 0.2) is 60.7 Å². The van der Waals surface area contributed by atoms with E-state index in [1.54, 1.807) is 0 Å². The average Bonchev–Trinajstić information content (AvgIpc) is 2.96. The number of piperazine rings is 1. The Balaban J connectivity index is 1.46. The number of hydrogen-bond donors (Lipinski definition) is 1. The van der Waals surface area contributed by atoms with Crippen molar-refractivity contribution in [2.45, 2.75) is 84.2 Å².